The van der Waals surface area contributed by atoms with Crippen molar-refractivity contribution in [2.45, 2.75) is 43.2 Å². The molecule has 23 heavy (non-hydrogen) atoms. The monoisotopic (exact) mass is 355 g/mol. The molecule has 1 aliphatic heterocycles. The summed E-state index contributed by atoms with van der Waals surface area (Å²) in [7, 11) is -3.56. The van der Waals surface area contributed by atoms with E-state index in [1.165, 1.54) is 0 Å². The zero-order chi connectivity index (χ0) is 15.7. The van der Waals surface area contributed by atoms with Crippen molar-refractivity contribution < 1.29 is 8.42 Å². The molecule has 1 fully saturated rings. The largest absolute Gasteiger partial charge is 0.326 e. The van der Waals surface area contributed by atoms with Crippen molar-refractivity contribution in [3.63, 3.8) is 0 Å². The number of halogens is 1. The summed E-state index contributed by atoms with van der Waals surface area (Å²) >= 11 is 0. The number of aromatic nitrogens is 1. The second kappa shape index (κ2) is 7.13. The van der Waals surface area contributed by atoms with Crippen molar-refractivity contribution in [2.75, 3.05) is 6.54 Å². The van der Waals surface area contributed by atoms with Crippen molar-refractivity contribution >= 4 is 33.2 Å². The quantitative estimate of drug-likeness (QED) is 0.917. The molecule has 2 heterocycles. The standard InChI is InChI=1S/C16H21N3O2S.ClH/c1-12(17)15-6-2-3-10-19(15)22(20,21)16-7-4-5-13-11-18-9-8-14(13)16;/h4-5,7-9,11-12,15H,2-3,6,10,17H2,1H3;1H. The van der Waals surface area contributed by atoms with E-state index in [1.807, 2.05) is 13.0 Å². The first kappa shape index (κ1) is 18.1. The van der Waals surface area contributed by atoms with Crippen LogP contribution >= 0.6 is 12.4 Å². The highest BCUT2D eigenvalue weighted by Crippen LogP contribution is 2.30. The van der Waals surface area contributed by atoms with Gasteiger partial charge in [-0.15, -0.1) is 12.4 Å². The van der Waals surface area contributed by atoms with Crippen LogP contribution in [0.15, 0.2) is 41.6 Å². The molecule has 1 aromatic heterocycles. The van der Waals surface area contributed by atoms with Crippen molar-refractivity contribution in [1.82, 2.24) is 9.29 Å². The molecule has 126 valence electrons. The predicted octanol–water partition coefficient (Wildman–Crippen LogP) is 2.55. The van der Waals surface area contributed by atoms with Crippen molar-refractivity contribution in [3.05, 3.63) is 36.7 Å². The molecule has 1 aliphatic rings. The summed E-state index contributed by atoms with van der Waals surface area (Å²) in [4.78, 5) is 4.41. The number of fused-ring (bicyclic) bond motifs is 1. The van der Waals surface area contributed by atoms with E-state index in [4.69, 9.17) is 5.73 Å². The van der Waals surface area contributed by atoms with Crippen molar-refractivity contribution in [2.24, 2.45) is 5.73 Å². The molecule has 2 aromatic rings. The van der Waals surface area contributed by atoms with Crippen LogP contribution in [-0.4, -0.2) is 36.3 Å². The minimum absolute atomic E-state index is 0. The number of rotatable bonds is 3. The van der Waals surface area contributed by atoms with Gasteiger partial charge in [-0.25, -0.2) is 8.42 Å². The summed E-state index contributed by atoms with van der Waals surface area (Å²) in [5.41, 5.74) is 6.03. The highest BCUT2D eigenvalue weighted by molar-refractivity contribution is 7.89. The highest BCUT2D eigenvalue weighted by Gasteiger charge is 2.35. The molecule has 0 saturated carbocycles. The van der Waals surface area contributed by atoms with Gasteiger partial charge in [0.05, 0.1) is 4.90 Å². The Morgan fingerprint density at radius 1 is 1.30 bits per heavy atom. The lowest BCUT2D eigenvalue weighted by molar-refractivity contribution is 0.227. The lowest BCUT2D eigenvalue weighted by Gasteiger charge is -2.37. The summed E-state index contributed by atoms with van der Waals surface area (Å²) in [6.07, 6.45) is 6.05. The molecule has 0 bridgehead atoms. The zero-order valence-electron chi connectivity index (χ0n) is 13.1. The fourth-order valence-electron chi connectivity index (χ4n) is 3.20. The first-order chi connectivity index (χ1) is 10.5. The number of benzene rings is 1. The van der Waals surface area contributed by atoms with E-state index in [-0.39, 0.29) is 24.5 Å². The third-order valence-electron chi connectivity index (χ3n) is 4.33. The van der Waals surface area contributed by atoms with Crippen LogP contribution in [0.1, 0.15) is 26.2 Å². The first-order valence-electron chi connectivity index (χ1n) is 7.62. The Kier molecular flexibility index (Phi) is 5.62. The number of nitrogens with zero attached hydrogens (tertiary/aromatic N) is 2. The fourth-order valence-corrected chi connectivity index (χ4v) is 5.19. The third-order valence-corrected chi connectivity index (χ3v) is 6.32. The lowest BCUT2D eigenvalue weighted by Crippen LogP contribution is -2.51. The van der Waals surface area contributed by atoms with Crippen LogP contribution in [0.3, 0.4) is 0 Å². The van der Waals surface area contributed by atoms with E-state index in [9.17, 15) is 8.42 Å². The molecular weight excluding hydrogens is 334 g/mol. The summed E-state index contributed by atoms with van der Waals surface area (Å²) in [5.74, 6) is 0. The zero-order valence-corrected chi connectivity index (χ0v) is 14.7. The van der Waals surface area contributed by atoms with Gasteiger partial charge >= 0.3 is 0 Å². The van der Waals surface area contributed by atoms with Gasteiger partial charge in [0.15, 0.2) is 0 Å². The van der Waals surface area contributed by atoms with E-state index in [0.29, 0.717) is 16.8 Å². The van der Waals surface area contributed by atoms with Crippen LogP contribution in [0, 0.1) is 0 Å². The number of pyridine rings is 1. The summed E-state index contributed by atoms with van der Waals surface area (Å²) < 4.78 is 27.9. The Morgan fingerprint density at radius 2 is 2.09 bits per heavy atom. The molecule has 0 radical (unpaired) electrons. The minimum atomic E-state index is -3.56. The van der Waals surface area contributed by atoms with Gasteiger partial charge in [-0.2, -0.15) is 4.31 Å². The molecule has 3 rings (SSSR count). The van der Waals surface area contributed by atoms with Gasteiger partial charge in [-0.05, 0) is 31.9 Å². The van der Waals surface area contributed by atoms with E-state index in [2.05, 4.69) is 4.98 Å². The van der Waals surface area contributed by atoms with Crippen LogP contribution in [0.4, 0.5) is 0 Å². The van der Waals surface area contributed by atoms with E-state index in [0.717, 1.165) is 24.6 Å². The van der Waals surface area contributed by atoms with Gasteiger partial charge in [0, 0.05) is 41.8 Å². The Bertz CT molecular complexity index is 774. The minimum Gasteiger partial charge on any atom is -0.326 e. The van der Waals surface area contributed by atoms with E-state index < -0.39 is 10.0 Å². The molecule has 0 aliphatic carbocycles. The molecule has 2 unspecified atom stereocenters. The summed E-state index contributed by atoms with van der Waals surface area (Å²) in [6.45, 7) is 2.42. The van der Waals surface area contributed by atoms with E-state index >= 15 is 0 Å². The summed E-state index contributed by atoms with van der Waals surface area (Å²) in [6, 6.07) is 6.77. The van der Waals surface area contributed by atoms with Crippen LogP contribution in [-0.2, 0) is 10.0 Å². The third kappa shape index (κ3) is 3.35. The molecule has 5 nitrogen and oxygen atoms in total. The second-order valence-electron chi connectivity index (χ2n) is 5.89. The van der Waals surface area contributed by atoms with Gasteiger partial charge in [0.1, 0.15) is 0 Å². The molecule has 2 atom stereocenters. The van der Waals surface area contributed by atoms with Gasteiger partial charge < -0.3 is 5.73 Å². The second-order valence-corrected chi connectivity index (χ2v) is 7.75. The number of sulfonamides is 1. The fraction of sp³-hybridized carbons (Fsp3) is 0.438. The molecule has 2 N–H and O–H groups in total. The average Bonchev–Trinajstić information content (AvgIpc) is 2.54. The Morgan fingerprint density at radius 3 is 2.83 bits per heavy atom. The van der Waals surface area contributed by atoms with Crippen LogP contribution < -0.4 is 5.73 Å². The Labute approximate surface area is 143 Å². The van der Waals surface area contributed by atoms with Crippen LogP contribution in [0.25, 0.3) is 10.8 Å². The SMILES string of the molecule is CC(N)C1CCCCN1S(=O)(=O)c1cccc2cnccc12.Cl. The molecule has 0 spiro atoms. The maximum Gasteiger partial charge on any atom is 0.243 e. The topological polar surface area (TPSA) is 76.3 Å². The predicted molar refractivity (Wildman–Crippen MR) is 94.2 cm³/mol. The number of hydrogen-bond acceptors (Lipinski definition) is 4. The smallest absolute Gasteiger partial charge is 0.243 e. The van der Waals surface area contributed by atoms with Crippen LogP contribution in [0.2, 0.25) is 0 Å². The van der Waals surface area contributed by atoms with Gasteiger partial charge in [-0.3, -0.25) is 4.98 Å². The molecule has 7 heteroatoms. The molecule has 0 amide bonds. The maximum absolute atomic E-state index is 13.2. The van der Waals surface area contributed by atoms with E-state index in [1.54, 1.807) is 34.9 Å². The summed E-state index contributed by atoms with van der Waals surface area (Å²) in [5, 5.41) is 1.55. The maximum atomic E-state index is 13.2. The number of hydrogen-bond donors (Lipinski definition) is 1. The van der Waals surface area contributed by atoms with Gasteiger partial charge in [0.2, 0.25) is 10.0 Å². The number of nitrogens with two attached hydrogens (primary N) is 1. The van der Waals surface area contributed by atoms with Crippen molar-refractivity contribution in [1.29, 1.82) is 0 Å². The lowest BCUT2D eigenvalue weighted by atomic mass is 10.00. The van der Waals surface area contributed by atoms with Gasteiger partial charge in [-0.1, -0.05) is 18.6 Å². The first-order valence-corrected chi connectivity index (χ1v) is 9.06. The average molecular weight is 356 g/mol. The molecular formula is C16H22ClN3O2S. The highest BCUT2D eigenvalue weighted by atomic mass is 35.5. The molecule has 1 saturated heterocycles. The molecule has 1 aromatic carbocycles. The Balaban J connectivity index is 0.00000192. The Hall–Kier alpha value is -1.21. The van der Waals surface area contributed by atoms with Crippen LogP contribution in [0.5, 0.6) is 0 Å². The number of piperidine rings is 1. The van der Waals surface area contributed by atoms with Crippen molar-refractivity contribution in [3.8, 4) is 0 Å². The normalized spacial score (nSPS) is 20.9. The van der Waals surface area contributed by atoms with Gasteiger partial charge in [0.25, 0.3) is 0 Å².